The van der Waals surface area contributed by atoms with Crippen LogP contribution in [-0.2, 0) is 0 Å². The van der Waals surface area contributed by atoms with Crippen molar-refractivity contribution in [2.75, 3.05) is 0 Å². The van der Waals surface area contributed by atoms with E-state index in [1.807, 2.05) is 24.3 Å². The van der Waals surface area contributed by atoms with Crippen molar-refractivity contribution in [1.29, 1.82) is 0 Å². The number of rotatable bonds is 2. The van der Waals surface area contributed by atoms with Gasteiger partial charge in [0.1, 0.15) is 5.82 Å². The van der Waals surface area contributed by atoms with E-state index in [1.54, 1.807) is 6.07 Å². The summed E-state index contributed by atoms with van der Waals surface area (Å²) in [4.78, 5) is 17.8. The minimum absolute atomic E-state index is 0.0527. The first-order chi connectivity index (χ1) is 9.13. The molecule has 0 fully saturated rings. The lowest BCUT2D eigenvalue weighted by atomic mass is 10.2. The number of nitro groups is 1. The Labute approximate surface area is 116 Å². The highest BCUT2D eigenvalue weighted by Gasteiger charge is 2.10. The third-order valence-electron chi connectivity index (χ3n) is 2.77. The average Bonchev–Trinajstić information content (AvgIpc) is 2.81. The maximum atomic E-state index is 10.7. The van der Waals surface area contributed by atoms with Gasteiger partial charge in [-0.25, -0.2) is 4.98 Å². The number of hydrogen-bond donors (Lipinski definition) is 1. The fourth-order valence-electron chi connectivity index (χ4n) is 1.88. The van der Waals surface area contributed by atoms with Crippen molar-refractivity contribution in [2.24, 2.45) is 0 Å². The molecule has 19 heavy (non-hydrogen) atoms. The number of benzene rings is 2. The van der Waals surface area contributed by atoms with Crippen molar-refractivity contribution in [3.05, 3.63) is 57.1 Å². The maximum Gasteiger partial charge on any atom is 0.271 e. The monoisotopic (exact) mass is 317 g/mol. The molecule has 1 aromatic heterocycles. The Morgan fingerprint density at radius 2 is 2.05 bits per heavy atom. The fourth-order valence-corrected chi connectivity index (χ4v) is 2.28. The van der Waals surface area contributed by atoms with Gasteiger partial charge >= 0.3 is 0 Å². The summed E-state index contributed by atoms with van der Waals surface area (Å²) in [5.74, 6) is 0.691. The summed E-state index contributed by atoms with van der Waals surface area (Å²) < 4.78 is 0.955. The van der Waals surface area contributed by atoms with Crippen molar-refractivity contribution in [1.82, 2.24) is 9.97 Å². The van der Waals surface area contributed by atoms with Crippen LogP contribution in [0.5, 0.6) is 0 Å². The van der Waals surface area contributed by atoms with Gasteiger partial charge in [0, 0.05) is 22.2 Å². The topological polar surface area (TPSA) is 71.8 Å². The van der Waals surface area contributed by atoms with Crippen LogP contribution in [0.4, 0.5) is 5.69 Å². The molecule has 0 bridgehead atoms. The number of imidazole rings is 1. The molecule has 0 amide bonds. The normalized spacial score (nSPS) is 10.8. The molecule has 5 nitrogen and oxygen atoms in total. The molecule has 94 valence electrons. The highest BCUT2D eigenvalue weighted by molar-refractivity contribution is 9.10. The van der Waals surface area contributed by atoms with E-state index in [2.05, 4.69) is 25.9 Å². The van der Waals surface area contributed by atoms with Gasteiger partial charge in [-0.05, 0) is 18.2 Å². The Morgan fingerprint density at radius 3 is 2.79 bits per heavy atom. The molecule has 0 radical (unpaired) electrons. The van der Waals surface area contributed by atoms with E-state index < -0.39 is 4.92 Å². The van der Waals surface area contributed by atoms with Crippen LogP contribution in [-0.4, -0.2) is 14.9 Å². The van der Waals surface area contributed by atoms with E-state index >= 15 is 0 Å². The quantitative estimate of drug-likeness (QED) is 0.575. The second-order valence-corrected chi connectivity index (χ2v) is 4.97. The Morgan fingerprint density at radius 1 is 1.21 bits per heavy atom. The Hall–Kier alpha value is -2.21. The van der Waals surface area contributed by atoms with E-state index in [9.17, 15) is 10.1 Å². The Kier molecular flexibility index (Phi) is 2.79. The number of nitro benzene ring substituents is 1. The molecule has 3 aromatic rings. The Balaban J connectivity index is 2.14. The fraction of sp³-hybridized carbons (Fsp3) is 0. The number of non-ortho nitro benzene ring substituents is 1. The van der Waals surface area contributed by atoms with Gasteiger partial charge in [0.15, 0.2) is 0 Å². The van der Waals surface area contributed by atoms with Crippen molar-refractivity contribution in [3.8, 4) is 11.4 Å². The van der Waals surface area contributed by atoms with Crippen LogP contribution in [0.3, 0.4) is 0 Å². The number of nitrogens with zero attached hydrogens (tertiary/aromatic N) is 2. The van der Waals surface area contributed by atoms with E-state index in [-0.39, 0.29) is 5.69 Å². The molecule has 0 spiro atoms. The summed E-state index contributed by atoms with van der Waals surface area (Å²) >= 11 is 3.40. The van der Waals surface area contributed by atoms with E-state index in [0.29, 0.717) is 16.9 Å². The van der Waals surface area contributed by atoms with Crippen molar-refractivity contribution >= 4 is 32.7 Å². The molecule has 1 N–H and O–H groups in total. The van der Waals surface area contributed by atoms with Crippen LogP contribution in [0.15, 0.2) is 46.9 Å². The molecule has 3 rings (SSSR count). The molecule has 0 saturated heterocycles. The van der Waals surface area contributed by atoms with Gasteiger partial charge in [-0.3, -0.25) is 10.1 Å². The molecule has 0 aliphatic carbocycles. The second kappa shape index (κ2) is 4.47. The SMILES string of the molecule is O=[N+]([O-])c1ccc2nc(-c3cccc(Br)c3)[nH]c2c1. The highest BCUT2D eigenvalue weighted by atomic mass is 79.9. The third-order valence-corrected chi connectivity index (χ3v) is 3.27. The van der Waals surface area contributed by atoms with Gasteiger partial charge < -0.3 is 4.98 Å². The molecule has 6 heteroatoms. The summed E-state index contributed by atoms with van der Waals surface area (Å²) in [5, 5.41) is 10.7. The predicted octanol–water partition coefficient (Wildman–Crippen LogP) is 3.90. The van der Waals surface area contributed by atoms with Gasteiger partial charge in [0.05, 0.1) is 16.0 Å². The summed E-state index contributed by atoms with van der Waals surface area (Å²) in [6, 6.07) is 12.3. The number of hydrogen-bond acceptors (Lipinski definition) is 3. The molecule has 0 atom stereocenters. The zero-order valence-corrected chi connectivity index (χ0v) is 11.2. The van der Waals surface area contributed by atoms with Crippen LogP contribution >= 0.6 is 15.9 Å². The van der Waals surface area contributed by atoms with Crippen LogP contribution in [0.1, 0.15) is 0 Å². The van der Waals surface area contributed by atoms with Crippen molar-refractivity contribution < 1.29 is 4.92 Å². The van der Waals surface area contributed by atoms with Crippen LogP contribution < -0.4 is 0 Å². The molecular weight excluding hydrogens is 310 g/mol. The van der Waals surface area contributed by atoms with Crippen LogP contribution in [0, 0.1) is 10.1 Å². The first-order valence-electron chi connectivity index (χ1n) is 5.53. The van der Waals surface area contributed by atoms with E-state index in [4.69, 9.17) is 0 Å². The zero-order valence-electron chi connectivity index (χ0n) is 9.63. The minimum atomic E-state index is -0.418. The minimum Gasteiger partial charge on any atom is -0.338 e. The molecule has 0 aliphatic heterocycles. The number of fused-ring (bicyclic) bond motifs is 1. The molecule has 0 unspecified atom stereocenters. The predicted molar refractivity (Wildman–Crippen MR) is 75.9 cm³/mol. The third kappa shape index (κ3) is 2.22. The highest BCUT2D eigenvalue weighted by Crippen LogP contribution is 2.25. The van der Waals surface area contributed by atoms with E-state index in [0.717, 1.165) is 10.0 Å². The van der Waals surface area contributed by atoms with Crippen LogP contribution in [0.25, 0.3) is 22.4 Å². The van der Waals surface area contributed by atoms with Gasteiger partial charge in [0.2, 0.25) is 0 Å². The Bertz CT molecular complexity index is 782. The number of nitrogens with one attached hydrogen (secondary N) is 1. The zero-order chi connectivity index (χ0) is 13.4. The number of halogens is 1. The average molecular weight is 318 g/mol. The lowest BCUT2D eigenvalue weighted by Gasteiger charge is -1.96. The van der Waals surface area contributed by atoms with Crippen molar-refractivity contribution in [3.63, 3.8) is 0 Å². The molecule has 2 aromatic carbocycles. The summed E-state index contributed by atoms with van der Waals surface area (Å²) in [7, 11) is 0. The lowest BCUT2D eigenvalue weighted by Crippen LogP contribution is -1.86. The summed E-state index contributed by atoms with van der Waals surface area (Å²) in [6.45, 7) is 0. The molecule has 0 aliphatic rings. The number of aromatic amines is 1. The first-order valence-corrected chi connectivity index (χ1v) is 6.33. The van der Waals surface area contributed by atoms with Gasteiger partial charge in [-0.1, -0.05) is 28.1 Å². The smallest absolute Gasteiger partial charge is 0.271 e. The van der Waals surface area contributed by atoms with Crippen LogP contribution in [0.2, 0.25) is 0 Å². The largest absolute Gasteiger partial charge is 0.338 e. The molecular formula is C13H8BrN3O2. The van der Waals surface area contributed by atoms with Gasteiger partial charge in [-0.2, -0.15) is 0 Å². The summed E-state index contributed by atoms with van der Waals surface area (Å²) in [6.07, 6.45) is 0. The second-order valence-electron chi connectivity index (χ2n) is 4.05. The van der Waals surface area contributed by atoms with Gasteiger partial charge in [-0.15, -0.1) is 0 Å². The van der Waals surface area contributed by atoms with Gasteiger partial charge in [0.25, 0.3) is 5.69 Å². The molecule has 1 heterocycles. The van der Waals surface area contributed by atoms with E-state index in [1.165, 1.54) is 12.1 Å². The standard InChI is InChI=1S/C13H8BrN3O2/c14-9-3-1-2-8(6-9)13-15-11-5-4-10(17(18)19)7-12(11)16-13/h1-7H,(H,15,16). The first kappa shape index (κ1) is 11.9. The maximum absolute atomic E-state index is 10.7. The number of H-pyrrole nitrogens is 1. The van der Waals surface area contributed by atoms with Crippen molar-refractivity contribution in [2.45, 2.75) is 0 Å². The summed E-state index contributed by atoms with van der Waals surface area (Å²) in [5.41, 5.74) is 2.34. The number of aromatic nitrogens is 2. The lowest BCUT2D eigenvalue weighted by molar-refractivity contribution is -0.384. The molecule has 0 saturated carbocycles.